The molecule has 0 aromatic carbocycles. The zero-order chi connectivity index (χ0) is 9.84. The Hall–Kier alpha value is -1.78. The van der Waals surface area contributed by atoms with Crippen LogP contribution < -0.4 is 5.32 Å². The standard InChI is InChI=1S/C8H11N3O2/c1-11(2)8(13)10-6-3-4-9-5-7(6)12/h3-5,12H,1-2H3,(H,9,10,13). The van der Waals surface area contributed by atoms with Gasteiger partial charge in [0.2, 0.25) is 0 Å². The van der Waals surface area contributed by atoms with E-state index in [0.29, 0.717) is 5.69 Å². The van der Waals surface area contributed by atoms with Gasteiger partial charge in [0.1, 0.15) is 0 Å². The molecule has 0 atom stereocenters. The van der Waals surface area contributed by atoms with Crippen LogP contribution in [0.15, 0.2) is 18.5 Å². The van der Waals surface area contributed by atoms with Crippen LogP contribution in [0.25, 0.3) is 0 Å². The van der Waals surface area contributed by atoms with Crippen molar-refractivity contribution in [3.05, 3.63) is 18.5 Å². The van der Waals surface area contributed by atoms with Crippen LogP contribution in [-0.2, 0) is 0 Å². The maximum Gasteiger partial charge on any atom is 0.321 e. The lowest BCUT2D eigenvalue weighted by Gasteiger charge is -2.12. The van der Waals surface area contributed by atoms with Gasteiger partial charge in [-0.05, 0) is 6.07 Å². The summed E-state index contributed by atoms with van der Waals surface area (Å²) in [5, 5.41) is 11.8. The number of carbonyl (C=O) groups excluding carboxylic acids is 1. The highest BCUT2D eigenvalue weighted by Crippen LogP contribution is 2.19. The van der Waals surface area contributed by atoms with E-state index < -0.39 is 0 Å². The van der Waals surface area contributed by atoms with Crippen LogP contribution in [0.4, 0.5) is 10.5 Å². The Morgan fingerprint density at radius 1 is 1.62 bits per heavy atom. The number of hydrogen-bond acceptors (Lipinski definition) is 3. The summed E-state index contributed by atoms with van der Waals surface area (Å²) < 4.78 is 0. The van der Waals surface area contributed by atoms with E-state index in [1.54, 1.807) is 14.1 Å². The third-order valence-corrected chi connectivity index (χ3v) is 1.45. The highest BCUT2D eigenvalue weighted by molar-refractivity contribution is 5.90. The van der Waals surface area contributed by atoms with Crippen LogP contribution in [0.5, 0.6) is 5.75 Å². The first-order valence-electron chi connectivity index (χ1n) is 3.72. The predicted molar refractivity (Wildman–Crippen MR) is 48.6 cm³/mol. The van der Waals surface area contributed by atoms with Crippen molar-refractivity contribution in [2.45, 2.75) is 0 Å². The third kappa shape index (κ3) is 2.33. The molecule has 0 aliphatic heterocycles. The molecule has 2 amide bonds. The van der Waals surface area contributed by atoms with E-state index in [9.17, 15) is 9.90 Å². The van der Waals surface area contributed by atoms with E-state index in [1.807, 2.05) is 0 Å². The van der Waals surface area contributed by atoms with Gasteiger partial charge in [0, 0.05) is 20.3 Å². The van der Waals surface area contributed by atoms with Gasteiger partial charge < -0.3 is 15.3 Å². The van der Waals surface area contributed by atoms with E-state index in [-0.39, 0.29) is 11.8 Å². The molecule has 13 heavy (non-hydrogen) atoms. The number of hydrogen-bond donors (Lipinski definition) is 2. The van der Waals surface area contributed by atoms with Crippen molar-refractivity contribution in [1.82, 2.24) is 9.88 Å². The number of anilines is 1. The largest absolute Gasteiger partial charge is 0.504 e. The lowest BCUT2D eigenvalue weighted by atomic mass is 10.4. The molecule has 0 fully saturated rings. The molecule has 0 saturated heterocycles. The van der Waals surface area contributed by atoms with Crippen LogP contribution in [0, 0.1) is 0 Å². The van der Waals surface area contributed by atoms with Crippen LogP contribution in [0.1, 0.15) is 0 Å². The van der Waals surface area contributed by atoms with E-state index >= 15 is 0 Å². The van der Waals surface area contributed by atoms with Crippen molar-refractivity contribution < 1.29 is 9.90 Å². The number of pyridine rings is 1. The van der Waals surface area contributed by atoms with Crippen molar-refractivity contribution in [3.63, 3.8) is 0 Å². The summed E-state index contributed by atoms with van der Waals surface area (Å²) in [4.78, 5) is 16.2. The van der Waals surface area contributed by atoms with Crippen LogP contribution >= 0.6 is 0 Å². The van der Waals surface area contributed by atoms with Crippen LogP contribution in [0.3, 0.4) is 0 Å². The fraction of sp³-hybridized carbons (Fsp3) is 0.250. The van der Waals surface area contributed by atoms with Crippen molar-refractivity contribution in [2.75, 3.05) is 19.4 Å². The Kier molecular flexibility index (Phi) is 2.69. The molecule has 5 heteroatoms. The third-order valence-electron chi connectivity index (χ3n) is 1.45. The smallest absolute Gasteiger partial charge is 0.321 e. The molecule has 1 aromatic heterocycles. The minimum absolute atomic E-state index is 0.0438. The minimum Gasteiger partial charge on any atom is -0.504 e. The molecule has 1 rings (SSSR count). The molecule has 0 spiro atoms. The normalized spacial score (nSPS) is 9.38. The van der Waals surface area contributed by atoms with Gasteiger partial charge in [0.05, 0.1) is 11.9 Å². The average Bonchev–Trinajstić information content (AvgIpc) is 2.08. The second kappa shape index (κ2) is 3.75. The lowest BCUT2D eigenvalue weighted by Crippen LogP contribution is -2.27. The number of amides is 2. The summed E-state index contributed by atoms with van der Waals surface area (Å²) in [6, 6.07) is 1.23. The van der Waals surface area contributed by atoms with Crippen LogP contribution in [0.2, 0.25) is 0 Å². The molecule has 0 radical (unpaired) electrons. The Morgan fingerprint density at radius 3 is 2.85 bits per heavy atom. The maximum absolute atomic E-state index is 11.1. The highest BCUT2D eigenvalue weighted by atomic mass is 16.3. The Morgan fingerprint density at radius 2 is 2.31 bits per heavy atom. The topological polar surface area (TPSA) is 65.5 Å². The molecule has 1 heterocycles. The van der Waals surface area contributed by atoms with Gasteiger partial charge in [0.25, 0.3) is 0 Å². The highest BCUT2D eigenvalue weighted by Gasteiger charge is 2.06. The summed E-state index contributed by atoms with van der Waals surface area (Å²) >= 11 is 0. The number of rotatable bonds is 1. The monoisotopic (exact) mass is 181 g/mol. The molecule has 2 N–H and O–H groups in total. The van der Waals surface area contributed by atoms with Gasteiger partial charge in [-0.15, -0.1) is 0 Å². The fourth-order valence-corrected chi connectivity index (χ4v) is 0.719. The van der Waals surface area contributed by atoms with Gasteiger partial charge in [-0.2, -0.15) is 0 Å². The van der Waals surface area contributed by atoms with E-state index in [1.165, 1.54) is 23.4 Å². The fourth-order valence-electron chi connectivity index (χ4n) is 0.719. The SMILES string of the molecule is CN(C)C(=O)Nc1ccncc1O. The van der Waals surface area contributed by atoms with Gasteiger partial charge in [-0.25, -0.2) is 4.79 Å². The number of carbonyl (C=O) groups is 1. The number of nitrogens with one attached hydrogen (secondary N) is 1. The molecule has 0 saturated carbocycles. The average molecular weight is 181 g/mol. The van der Waals surface area contributed by atoms with Gasteiger partial charge >= 0.3 is 6.03 Å². The quantitative estimate of drug-likeness (QED) is 0.675. The Bertz CT molecular complexity index is 312. The maximum atomic E-state index is 11.1. The van der Waals surface area contributed by atoms with Crippen LogP contribution in [-0.4, -0.2) is 35.1 Å². The second-order valence-electron chi connectivity index (χ2n) is 2.72. The first-order chi connectivity index (χ1) is 6.11. The van der Waals surface area contributed by atoms with Crippen molar-refractivity contribution in [2.24, 2.45) is 0 Å². The number of urea groups is 1. The molecule has 0 unspecified atom stereocenters. The van der Waals surface area contributed by atoms with Crippen molar-refractivity contribution in [1.29, 1.82) is 0 Å². The summed E-state index contributed by atoms with van der Waals surface area (Å²) in [6.45, 7) is 0. The summed E-state index contributed by atoms with van der Waals surface area (Å²) in [5.41, 5.74) is 0.355. The molecular weight excluding hydrogens is 170 g/mol. The van der Waals surface area contributed by atoms with E-state index in [2.05, 4.69) is 10.3 Å². The molecule has 70 valence electrons. The summed E-state index contributed by atoms with van der Waals surface area (Å²) in [6.07, 6.45) is 2.76. The van der Waals surface area contributed by atoms with Gasteiger partial charge in [-0.1, -0.05) is 0 Å². The van der Waals surface area contributed by atoms with Crippen molar-refractivity contribution in [3.8, 4) is 5.75 Å². The van der Waals surface area contributed by atoms with E-state index in [4.69, 9.17) is 0 Å². The number of nitrogens with zero attached hydrogens (tertiary/aromatic N) is 2. The van der Waals surface area contributed by atoms with Crippen molar-refractivity contribution >= 4 is 11.7 Å². The van der Waals surface area contributed by atoms with Gasteiger partial charge in [-0.3, -0.25) is 4.98 Å². The molecule has 0 bridgehead atoms. The zero-order valence-electron chi connectivity index (χ0n) is 7.48. The molecular formula is C8H11N3O2. The molecule has 0 aliphatic carbocycles. The summed E-state index contributed by atoms with van der Waals surface area (Å²) in [7, 11) is 3.24. The Labute approximate surface area is 76.0 Å². The zero-order valence-corrected chi connectivity index (χ0v) is 7.48. The number of aromatic nitrogens is 1. The predicted octanol–water partition coefficient (Wildman–Crippen LogP) is 0.881. The number of aromatic hydroxyl groups is 1. The van der Waals surface area contributed by atoms with E-state index in [0.717, 1.165) is 0 Å². The lowest BCUT2D eigenvalue weighted by molar-refractivity contribution is 0.230. The Balaban J connectivity index is 2.75. The molecule has 1 aromatic rings. The molecule has 0 aliphatic rings. The first-order valence-corrected chi connectivity index (χ1v) is 3.72. The minimum atomic E-state index is -0.290. The summed E-state index contributed by atoms with van der Waals surface area (Å²) in [5.74, 6) is -0.0438. The first kappa shape index (κ1) is 9.31. The van der Waals surface area contributed by atoms with Gasteiger partial charge in [0.15, 0.2) is 5.75 Å². The molecule has 5 nitrogen and oxygen atoms in total. The second-order valence-corrected chi connectivity index (χ2v) is 2.72.